The van der Waals surface area contributed by atoms with Crippen LogP contribution < -0.4 is 5.73 Å². The lowest BCUT2D eigenvalue weighted by atomic mass is 10.3. The van der Waals surface area contributed by atoms with Gasteiger partial charge in [-0.1, -0.05) is 0 Å². The highest BCUT2D eigenvalue weighted by Gasteiger charge is 2.16. The molecular weight excluding hydrogens is 248 g/mol. The van der Waals surface area contributed by atoms with E-state index in [1.54, 1.807) is 4.52 Å². The van der Waals surface area contributed by atoms with Crippen LogP contribution in [-0.2, 0) is 0 Å². The van der Waals surface area contributed by atoms with Gasteiger partial charge in [0.1, 0.15) is 6.33 Å². The molecule has 3 heterocycles. The summed E-state index contributed by atoms with van der Waals surface area (Å²) in [6, 6.07) is 3.68. The fourth-order valence-electron chi connectivity index (χ4n) is 1.87. The summed E-state index contributed by atoms with van der Waals surface area (Å²) in [6.45, 7) is 1.91. The molecule has 8 nitrogen and oxygen atoms in total. The largest absolute Gasteiger partial charge is 0.476 e. The molecule has 96 valence electrons. The number of hydrogen-bond acceptors (Lipinski definition) is 5. The Morgan fingerprint density at radius 2 is 2.21 bits per heavy atom. The Morgan fingerprint density at radius 3 is 2.89 bits per heavy atom. The number of fused-ring (bicyclic) bond motifs is 1. The second-order valence-electron chi connectivity index (χ2n) is 4.10. The highest BCUT2D eigenvalue weighted by atomic mass is 16.4. The molecule has 0 bridgehead atoms. The maximum atomic E-state index is 11.0. The number of nitrogen functional groups attached to an aromatic ring is 1. The SMILES string of the molecule is Cc1cc(-n2cc(N)c(C(=O)O)n2)n2ncnc2c1. The van der Waals surface area contributed by atoms with Crippen LogP contribution in [0.4, 0.5) is 5.69 Å². The maximum absolute atomic E-state index is 11.0. The average molecular weight is 258 g/mol. The molecule has 0 fully saturated rings. The number of pyridine rings is 1. The van der Waals surface area contributed by atoms with Gasteiger partial charge >= 0.3 is 5.97 Å². The van der Waals surface area contributed by atoms with Gasteiger partial charge in [-0.25, -0.2) is 14.5 Å². The first-order valence-corrected chi connectivity index (χ1v) is 5.45. The van der Waals surface area contributed by atoms with E-state index < -0.39 is 5.97 Å². The Morgan fingerprint density at radius 1 is 1.42 bits per heavy atom. The third-order valence-electron chi connectivity index (χ3n) is 2.68. The summed E-state index contributed by atoms with van der Waals surface area (Å²) >= 11 is 0. The molecule has 3 rings (SSSR count). The minimum atomic E-state index is -1.17. The molecule has 0 aliphatic heterocycles. The molecule has 0 radical (unpaired) electrons. The van der Waals surface area contributed by atoms with Gasteiger partial charge in [-0.2, -0.15) is 14.7 Å². The molecule has 0 aromatic carbocycles. The van der Waals surface area contributed by atoms with E-state index >= 15 is 0 Å². The first-order valence-electron chi connectivity index (χ1n) is 5.45. The number of aromatic nitrogens is 5. The van der Waals surface area contributed by atoms with Gasteiger partial charge < -0.3 is 10.8 Å². The Labute approximate surface area is 107 Å². The van der Waals surface area contributed by atoms with Gasteiger partial charge in [-0.05, 0) is 24.6 Å². The fourth-order valence-corrected chi connectivity index (χ4v) is 1.87. The third-order valence-corrected chi connectivity index (χ3v) is 2.68. The number of carboxylic acid groups (broad SMARTS) is 1. The highest BCUT2D eigenvalue weighted by molar-refractivity contribution is 5.91. The molecule has 0 unspecified atom stereocenters. The van der Waals surface area contributed by atoms with Gasteiger partial charge in [0.15, 0.2) is 17.2 Å². The zero-order valence-corrected chi connectivity index (χ0v) is 9.98. The molecule has 8 heteroatoms. The predicted octanol–water partition coefficient (Wildman–Crippen LogP) is 0.504. The van der Waals surface area contributed by atoms with Crippen LogP contribution in [0.15, 0.2) is 24.7 Å². The predicted molar refractivity (Wildman–Crippen MR) is 66.2 cm³/mol. The van der Waals surface area contributed by atoms with Gasteiger partial charge in [0.2, 0.25) is 0 Å². The molecule has 3 N–H and O–H groups in total. The lowest BCUT2D eigenvalue weighted by Crippen LogP contribution is -2.06. The molecule has 0 saturated heterocycles. The van der Waals surface area contributed by atoms with E-state index in [-0.39, 0.29) is 11.4 Å². The van der Waals surface area contributed by atoms with Crippen molar-refractivity contribution in [2.24, 2.45) is 0 Å². The minimum Gasteiger partial charge on any atom is -0.476 e. The Hall–Kier alpha value is -2.90. The van der Waals surface area contributed by atoms with Crippen molar-refractivity contribution in [3.8, 4) is 5.82 Å². The summed E-state index contributed by atoms with van der Waals surface area (Å²) in [4.78, 5) is 15.0. The number of nitrogens with two attached hydrogens (primary N) is 1. The minimum absolute atomic E-state index is 0.0993. The van der Waals surface area contributed by atoms with Crippen LogP contribution in [0.5, 0.6) is 0 Å². The lowest BCUT2D eigenvalue weighted by molar-refractivity contribution is 0.0691. The number of aromatic carboxylic acids is 1. The van der Waals surface area contributed by atoms with E-state index in [1.807, 2.05) is 19.1 Å². The Bertz CT molecular complexity index is 788. The zero-order valence-electron chi connectivity index (χ0n) is 9.98. The summed E-state index contributed by atoms with van der Waals surface area (Å²) in [7, 11) is 0. The van der Waals surface area contributed by atoms with Gasteiger partial charge in [0.05, 0.1) is 11.9 Å². The highest BCUT2D eigenvalue weighted by Crippen LogP contribution is 2.16. The number of hydrogen-bond donors (Lipinski definition) is 2. The smallest absolute Gasteiger partial charge is 0.358 e. The van der Waals surface area contributed by atoms with E-state index in [9.17, 15) is 4.79 Å². The topological polar surface area (TPSA) is 111 Å². The first-order chi connectivity index (χ1) is 9.06. The number of aryl methyl sites for hydroxylation is 1. The normalized spacial score (nSPS) is 11.0. The van der Waals surface area contributed by atoms with Gasteiger partial charge in [0.25, 0.3) is 0 Å². The number of rotatable bonds is 2. The molecule has 19 heavy (non-hydrogen) atoms. The molecule has 0 aliphatic carbocycles. The Kier molecular flexibility index (Phi) is 2.24. The molecule has 3 aromatic rings. The van der Waals surface area contributed by atoms with Crippen molar-refractivity contribution in [3.05, 3.63) is 35.9 Å². The summed E-state index contributed by atoms with van der Waals surface area (Å²) in [5.74, 6) is -0.592. The molecule has 0 aliphatic rings. The van der Waals surface area contributed by atoms with Crippen LogP contribution in [0.25, 0.3) is 11.5 Å². The molecule has 3 aromatic heterocycles. The number of anilines is 1. The van der Waals surface area contributed by atoms with Crippen molar-refractivity contribution in [2.75, 3.05) is 5.73 Å². The monoisotopic (exact) mass is 258 g/mol. The van der Waals surface area contributed by atoms with Crippen molar-refractivity contribution >= 4 is 17.3 Å². The Balaban J connectivity index is 2.26. The molecule has 0 saturated carbocycles. The fraction of sp³-hybridized carbons (Fsp3) is 0.0909. The number of carbonyl (C=O) groups is 1. The van der Waals surface area contributed by atoms with E-state index in [1.165, 1.54) is 17.2 Å². The average Bonchev–Trinajstić information content (AvgIpc) is 2.93. The zero-order chi connectivity index (χ0) is 13.6. The van der Waals surface area contributed by atoms with Crippen LogP contribution in [-0.4, -0.2) is 35.5 Å². The van der Waals surface area contributed by atoms with Crippen molar-refractivity contribution in [2.45, 2.75) is 6.92 Å². The molecule has 0 spiro atoms. The maximum Gasteiger partial charge on any atom is 0.358 e. The third kappa shape index (κ3) is 1.69. The van der Waals surface area contributed by atoms with E-state index in [4.69, 9.17) is 10.8 Å². The van der Waals surface area contributed by atoms with Gasteiger partial charge in [-0.15, -0.1) is 0 Å². The van der Waals surface area contributed by atoms with E-state index in [2.05, 4.69) is 15.2 Å². The summed E-state index contributed by atoms with van der Waals surface area (Å²) in [5, 5.41) is 17.0. The number of nitrogens with zero attached hydrogens (tertiary/aromatic N) is 5. The lowest BCUT2D eigenvalue weighted by Gasteiger charge is -2.05. The van der Waals surface area contributed by atoms with Crippen molar-refractivity contribution < 1.29 is 9.90 Å². The van der Waals surface area contributed by atoms with Crippen LogP contribution in [0, 0.1) is 6.92 Å². The van der Waals surface area contributed by atoms with Crippen LogP contribution >= 0.6 is 0 Å². The first kappa shape index (κ1) is 11.2. The van der Waals surface area contributed by atoms with Gasteiger partial charge in [0, 0.05) is 0 Å². The van der Waals surface area contributed by atoms with Crippen molar-refractivity contribution in [1.82, 2.24) is 24.4 Å². The van der Waals surface area contributed by atoms with Crippen molar-refractivity contribution in [3.63, 3.8) is 0 Å². The second kappa shape index (κ2) is 3.80. The molecular formula is C11H10N6O2. The molecule has 0 amide bonds. The van der Waals surface area contributed by atoms with Crippen LogP contribution in [0.2, 0.25) is 0 Å². The second-order valence-corrected chi connectivity index (χ2v) is 4.10. The van der Waals surface area contributed by atoms with Crippen LogP contribution in [0.1, 0.15) is 16.1 Å². The van der Waals surface area contributed by atoms with E-state index in [0.717, 1.165) is 5.56 Å². The summed E-state index contributed by atoms with van der Waals surface area (Å²) in [5.41, 5.74) is 7.15. The van der Waals surface area contributed by atoms with Crippen molar-refractivity contribution in [1.29, 1.82) is 0 Å². The summed E-state index contributed by atoms with van der Waals surface area (Å²) in [6.07, 6.45) is 2.86. The molecule has 0 atom stereocenters. The van der Waals surface area contributed by atoms with E-state index in [0.29, 0.717) is 11.5 Å². The summed E-state index contributed by atoms with van der Waals surface area (Å²) < 4.78 is 2.94. The number of carboxylic acids is 1. The quantitative estimate of drug-likeness (QED) is 0.692. The standard InChI is InChI=1S/C11H10N6O2/c1-6-2-8-13-5-14-17(8)9(3-6)16-4-7(12)10(15-16)11(18)19/h2-5H,12H2,1H3,(H,18,19). The van der Waals surface area contributed by atoms with Gasteiger partial charge in [-0.3, -0.25) is 0 Å². The van der Waals surface area contributed by atoms with Crippen LogP contribution in [0.3, 0.4) is 0 Å².